The summed E-state index contributed by atoms with van der Waals surface area (Å²) >= 11 is 0. The van der Waals surface area contributed by atoms with E-state index in [1.54, 1.807) is 0 Å². The zero-order chi connectivity index (χ0) is 55.7. The van der Waals surface area contributed by atoms with Crippen LogP contribution < -0.4 is 0 Å². The molecule has 0 radical (unpaired) electrons. The zero-order valence-corrected chi connectivity index (χ0v) is 52.3. The van der Waals surface area contributed by atoms with Crippen LogP contribution in [0.15, 0.2) is 24.3 Å². The highest BCUT2D eigenvalue weighted by Gasteiger charge is 2.19. The molecule has 6 nitrogen and oxygen atoms in total. The van der Waals surface area contributed by atoms with Crippen LogP contribution in [0.4, 0.5) is 0 Å². The average molecular weight is 1080 g/mol. The van der Waals surface area contributed by atoms with Gasteiger partial charge in [0.1, 0.15) is 13.2 Å². The fraction of sp³-hybridized carbons (Fsp3) is 0.901. The van der Waals surface area contributed by atoms with Crippen molar-refractivity contribution in [3.63, 3.8) is 0 Å². The molecular weight excluding hydrogens is 949 g/mol. The van der Waals surface area contributed by atoms with Crippen LogP contribution in [0.1, 0.15) is 393 Å². The van der Waals surface area contributed by atoms with Crippen molar-refractivity contribution in [2.45, 2.75) is 399 Å². The molecule has 0 amide bonds. The number of hydrogen-bond acceptors (Lipinski definition) is 6. The molecule has 0 aliphatic carbocycles. The maximum atomic E-state index is 12.9. The Hall–Kier alpha value is -2.11. The molecule has 0 aliphatic heterocycles. The second-order valence-electron chi connectivity index (χ2n) is 23.8. The minimum absolute atomic E-state index is 0.0664. The van der Waals surface area contributed by atoms with Crippen LogP contribution in [-0.2, 0) is 28.6 Å². The minimum Gasteiger partial charge on any atom is -0.462 e. The number of unbranched alkanes of at least 4 members (excludes halogenated alkanes) is 50. The van der Waals surface area contributed by atoms with Crippen LogP contribution >= 0.6 is 0 Å². The Morgan fingerprint density at radius 3 is 0.740 bits per heavy atom. The van der Waals surface area contributed by atoms with E-state index in [1.807, 2.05) is 0 Å². The monoisotopic (exact) mass is 1080 g/mol. The van der Waals surface area contributed by atoms with Crippen LogP contribution in [-0.4, -0.2) is 37.2 Å². The normalized spacial score (nSPS) is 12.1. The van der Waals surface area contributed by atoms with Gasteiger partial charge >= 0.3 is 17.9 Å². The molecule has 454 valence electrons. The fourth-order valence-corrected chi connectivity index (χ4v) is 10.7. The SMILES string of the molecule is CCCCC/C=C\C/C=C\CCCCCCCCCCCC(=O)OC(COC(=O)CCCCCCCCCCCCCCCCC)COC(=O)CCCCCCCCCCCCCCCCCCCCCCCCCCC. The van der Waals surface area contributed by atoms with Crippen molar-refractivity contribution in [2.24, 2.45) is 0 Å². The summed E-state index contributed by atoms with van der Waals surface area (Å²) in [5.74, 6) is -0.838. The van der Waals surface area contributed by atoms with Crippen LogP contribution in [0.2, 0.25) is 0 Å². The van der Waals surface area contributed by atoms with Gasteiger partial charge in [0.15, 0.2) is 6.10 Å². The average Bonchev–Trinajstić information content (AvgIpc) is 3.43. The van der Waals surface area contributed by atoms with Gasteiger partial charge in [0, 0.05) is 19.3 Å². The first kappa shape index (κ1) is 74.9. The van der Waals surface area contributed by atoms with Crippen LogP contribution in [0.5, 0.6) is 0 Å². The summed E-state index contributed by atoms with van der Waals surface area (Å²) in [6, 6.07) is 0. The second-order valence-corrected chi connectivity index (χ2v) is 23.8. The molecule has 0 spiro atoms. The number of carbonyl (C=O) groups excluding carboxylic acids is 3. The molecule has 0 aromatic carbocycles. The Morgan fingerprint density at radius 2 is 0.468 bits per heavy atom. The Bertz CT molecular complexity index is 1240. The molecule has 0 aromatic heterocycles. The van der Waals surface area contributed by atoms with Gasteiger partial charge in [-0.15, -0.1) is 0 Å². The highest BCUT2D eigenvalue weighted by atomic mass is 16.6. The summed E-state index contributed by atoms with van der Waals surface area (Å²) in [6.07, 6.45) is 80.6. The molecule has 0 saturated heterocycles. The smallest absolute Gasteiger partial charge is 0.306 e. The molecule has 6 heteroatoms. The lowest BCUT2D eigenvalue weighted by Gasteiger charge is -2.18. The largest absolute Gasteiger partial charge is 0.462 e. The van der Waals surface area contributed by atoms with Crippen molar-refractivity contribution < 1.29 is 28.6 Å². The van der Waals surface area contributed by atoms with Gasteiger partial charge in [0.05, 0.1) is 0 Å². The lowest BCUT2D eigenvalue weighted by molar-refractivity contribution is -0.167. The molecule has 0 bridgehead atoms. The van der Waals surface area contributed by atoms with Crippen LogP contribution in [0.3, 0.4) is 0 Å². The minimum atomic E-state index is -0.770. The van der Waals surface area contributed by atoms with E-state index >= 15 is 0 Å². The standard InChI is InChI=1S/C71H134O6/c1-4-7-10-13-16-19-22-25-28-30-32-33-34-35-36-37-39-40-43-46-49-52-55-58-61-64-70(73)76-67-68(66-75-69(72)63-60-57-54-51-48-45-42-27-24-21-18-15-12-9-6-3)77-71(74)65-62-59-56-53-50-47-44-41-38-31-29-26-23-20-17-14-11-8-5-2/h17,20,26,29,68H,4-16,18-19,21-25,27-28,30-67H2,1-3H3/b20-17-,29-26-. The summed E-state index contributed by atoms with van der Waals surface area (Å²) in [7, 11) is 0. The summed E-state index contributed by atoms with van der Waals surface area (Å²) in [5.41, 5.74) is 0. The molecule has 0 aliphatic rings. The Morgan fingerprint density at radius 1 is 0.260 bits per heavy atom. The van der Waals surface area contributed by atoms with Gasteiger partial charge in [0.25, 0.3) is 0 Å². The number of ether oxygens (including phenoxy) is 3. The fourth-order valence-electron chi connectivity index (χ4n) is 10.7. The molecule has 1 atom stereocenters. The van der Waals surface area contributed by atoms with Crippen molar-refractivity contribution in [2.75, 3.05) is 13.2 Å². The van der Waals surface area contributed by atoms with Gasteiger partial charge in [-0.05, 0) is 51.4 Å². The molecule has 0 fully saturated rings. The van der Waals surface area contributed by atoms with Crippen molar-refractivity contribution in [3.8, 4) is 0 Å². The number of allylic oxidation sites excluding steroid dienone is 4. The Balaban J connectivity index is 4.24. The molecule has 0 aromatic rings. The first-order valence-electron chi connectivity index (χ1n) is 34.8. The summed E-state index contributed by atoms with van der Waals surface area (Å²) < 4.78 is 17.0. The van der Waals surface area contributed by atoms with E-state index in [-0.39, 0.29) is 31.1 Å². The lowest BCUT2D eigenvalue weighted by atomic mass is 10.0. The second kappa shape index (κ2) is 66.4. The Kier molecular flexibility index (Phi) is 64.6. The van der Waals surface area contributed by atoms with Crippen molar-refractivity contribution in [1.82, 2.24) is 0 Å². The topological polar surface area (TPSA) is 78.9 Å². The maximum Gasteiger partial charge on any atom is 0.306 e. The summed E-state index contributed by atoms with van der Waals surface area (Å²) in [6.45, 7) is 6.70. The number of hydrogen-bond donors (Lipinski definition) is 0. The van der Waals surface area contributed by atoms with Crippen LogP contribution in [0.25, 0.3) is 0 Å². The van der Waals surface area contributed by atoms with E-state index in [9.17, 15) is 14.4 Å². The third-order valence-corrected chi connectivity index (χ3v) is 16.0. The Labute approximate surface area is 481 Å². The van der Waals surface area contributed by atoms with Gasteiger partial charge in [-0.25, -0.2) is 0 Å². The summed E-state index contributed by atoms with van der Waals surface area (Å²) in [4.78, 5) is 38.4. The van der Waals surface area contributed by atoms with Crippen LogP contribution in [0, 0.1) is 0 Å². The van der Waals surface area contributed by atoms with Gasteiger partial charge in [0.2, 0.25) is 0 Å². The van der Waals surface area contributed by atoms with Gasteiger partial charge in [-0.2, -0.15) is 0 Å². The molecule has 0 rings (SSSR count). The predicted octanol–water partition coefficient (Wildman–Crippen LogP) is 23.8. The van der Waals surface area contributed by atoms with E-state index in [0.29, 0.717) is 19.3 Å². The first-order valence-corrected chi connectivity index (χ1v) is 34.8. The maximum absolute atomic E-state index is 12.9. The van der Waals surface area contributed by atoms with E-state index in [2.05, 4.69) is 45.1 Å². The van der Waals surface area contributed by atoms with Gasteiger partial charge in [-0.3, -0.25) is 14.4 Å². The highest BCUT2D eigenvalue weighted by molar-refractivity contribution is 5.71. The zero-order valence-electron chi connectivity index (χ0n) is 52.3. The number of rotatable bonds is 65. The van der Waals surface area contributed by atoms with Gasteiger partial charge in [-0.1, -0.05) is 347 Å². The molecule has 0 heterocycles. The van der Waals surface area contributed by atoms with Crippen molar-refractivity contribution in [3.05, 3.63) is 24.3 Å². The van der Waals surface area contributed by atoms with Crippen molar-refractivity contribution in [1.29, 1.82) is 0 Å². The van der Waals surface area contributed by atoms with E-state index < -0.39 is 6.10 Å². The third kappa shape index (κ3) is 64.6. The predicted molar refractivity (Wildman–Crippen MR) is 335 cm³/mol. The highest BCUT2D eigenvalue weighted by Crippen LogP contribution is 2.19. The number of carbonyl (C=O) groups is 3. The summed E-state index contributed by atoms with van der Waals surface area (Å²) in [5, 5.41) is 0. The number of esters is 3. The molecule has 0 N–H and O–H groups in total. The van der Waals surface area contributed by atoms with Gasteiger partial charge < -0.3 is 14.2 Å². The van der Waals surface area contributed by atoms with E-state index in [0.717, 1.165) is 64.2 Å². The molecule has 77 heavy (non-hydrogen) atoms. The molecular formula is C71H134O6. The van der Waals surface area contributed by atoms with E-state index in [1.165, 1.54) is 289 Å². The van der Waals surface area contributed by atoms with E-state index in [4.69, 9.17) is 14.2 Å². The lowest BCUT2D eigenvalue weighted by Crippen LogP contribution is -2.30. The molecule has 0 saturated carbocycles. The third-order valence-electron chi connectivity index (χ3n) is 16.0. The quantitative estimate of drug-likeness (QED) is 0.0261. The van der Waals surface area contributed by atoms with Crippen molar-refractivity contribution >= 4 is 17.9 Å². The molecule has 1 unspecified atom stereocenters. The first-order chi connectivity index (χ1) is 38.0.